The summed E-state index contributed by atoms with van der Waals surface area (Å²) in [6, 6.07) is 12.3. The van der Waals surface area contributed by atoms with Crippen molar-refractivity contribution in [1.82, 2.24) is 4.90 Å². The second kappa shape index (κ2) is 8.92. The van der Waals surface area contributed by atoms with E-state index < -0.39 is 6.04 Å². The number of ether oxygens (including phenoxy) is 1. The summed E-state index contributed by atoms with van der Waals surface area (Å²) in [7, 11) is 3.31. The molecule has 0 aromatic heterocycles. The largest absolute Gasteiger partial charge is 0.496 e. The van der Waals surface area contributed by atoms with Gasteiger partial charge in [0.2, 0.25) is 5.91 Å². The zero-order chi connectivity index (χ0) is 17.0. The first kappa shape index (κ1) is 20.3. The number of halogens is 2. The minimum absolute atomic E-state index is 0. The van der Waals surface area contributed by atoms with Crippen molar-refractivity contribution in [2.24, 2.45) is 5.73 Å². The Morgan fingerprint density at radius 1 is 1.25 bits per heavy atom. The third-order valence-electron chi connectivity index (χ3n) is 3.73. The highest BCUT2D eigenvalue weighted by molar-refractivity contribution is 6.30. The van der Waals surface area contributed by atoms with Gasteiger partial charge < -0.3 is 15.4 Å². The van der Waals surface area contributed by atoms with Crippen LogP contribution in [0, 0.1) is 6.92 Å². The second-order valence-corrected chi connectivity index (χ2v) is 5.98. The molecule has 1 amide bonds. The normalized spacial score (nSPS) is 11.4. The van der Waals surface area contributed by atoms with E-state index in [0.717, 1.165) is 16.7 Å². The van der Waals surface area contributed by atoms with E-state index in [9.17, 15) is 4.79 Å². The Kier molecular flexibility index (Phi) is 7.55. The molecule has 1 unspecified atom stereocenters. The number of nitrogens with zero attached hydrogens (tertiary/aromatic N) is 1. The Morgan fingerprint density at radius 2 is 1.88 bits per heavy atom. The van der Waals surface area contributed by atoms with Gasteiger partial charge in [0.05, 0.1) is 7.11 Å². The first-order valence-corrected chi connectivity index (χ1v) is 7.69. The molecule has 1 atom stereocenters. The van der Waals surface area contributed by atoms with Crippen LogP contribution in [-0.4, -0.2) is 25.0 Å². The Labute approximate surface area is 154 Å². The summed E-state index contributed by atoms with van der Waals surface area (Å²) in [5, 5.41) is 0.601. The lowest BCUT2D eigenvalue weighted by atomic mass is 10.0. The second-order valence-electron chi connectivity index (χ2n) is 5.54. The number of rotatable bonds is 5. The lowest BCUT2D eigenvalue weighted by molar-refractivity contribution is -0.132. The molecule has 2 rings (SSSR count). The first-order chi connectivity index (χ1) is 10.9. The number of carbonyl (C=O) groups is 1. The molecule has 24 heavy (non-hydrogen) atoms. The van der Waals surface area contributed by atoms with Gasteiger partial charge in [0.1, 0.15) is 11.8 Å². The maximum absolute atomic E-state index is 12.5. The van der Waals surface area contributed by atoms with Crippen molar-refractivity contribution in [3.63, 3.8) is 0 Å². The van der Waals surface area contributed by atoms with E-state index in [1.807, 2.05) is 31.2 Å². The number of methoxy groups -OCH3 is 1. The summed E-state index contributed by atoms with van der Waals surface area (Å²) in [6.45, 7) is 2.37. The highest BCUT2D eigenvalue weighted by Gasteiger charge is 2.21. The highest BCUT2D eigenvalue weighted by atomic mass is 35.5. The molecule has 0 aliphatic carbocycles. The van der Waals surface area contributed by atoms with E-state index in [4.69, 9.17) is 22.1 Å². The van der Waals surface area contributed by atoms with Crippen molar-refractivity contribution in [2.75, 3.05) is 14.2 Å². The van der Waals surface area contributed by atoms with Gasteiger partial charge in [-0.15, -0.1) is 12.4 Å². The zero-order valence-corrected chi connectivity index (χ0v) is 15.5. The molecule has 0 radical (unpaired) electrons. The van der Waals surface area contributed by atoms with E-state index in [1.165, 1.54) is 0 Å². The van der Waals surface area contributed by atoms with Crippen LogP contribution in [-0.2, 0) is 11.3 Å². The maximum atomic E-state index is 12.5. The van der Waals surface area contributed by atoms with Gasteiger partial charge in [0.25, 0.3) is 0 Å². The molecule has 0 fully saturated rings. The third-order valence-corrected chi connectivity index (χ3v) is 3.96. The molecule has 0 saturated heterocycles. The average molecular weight is 369 g/mol. The Bertz CT molecular complexity index is 690. The van der Waals surface area contributed by atoms with Crippen LogP contribution in [0.15, 0.2) is 42.5 Å². The summed E-state index contributed by atoms with van der Waals surface area (Å²) in [6.07, 6.45) is 0. The molecule has 0 aliphatic rings. The van der Waals surface area contributed by atoms with Crippen LogP contribution < -0.4 is 10.5 Å². The number of hydrogen-bond acceptors (Lipinski definition) is 3. The van der Waals surface area contributed by atoms with Gasteiger partial charge in [-0.2, -0.15) is 0 Å². The first-order valence-electron chi connectivity index (χ1n) is 7.32. The summed E-state index contributed by atoms with van der Waals surface area (Å²) in [4.78, 5) is 14.1. The molecule has 6 heteroatoms. The Balaban J connectivity index is 0.00000288. The van der Waals surface area contributed by atoms with Gasteiger partial charge in [-0.25, -0.2) is 0 Å². The molecule has 4 nitrogen and oxygen atoms in total. The maximum Gasteiger partial charge on any atom is 0.244 e. The van der Waals surface area contributed by atoms with E-state index in [2.05, 4.69) is 0 Å². The molecule has 2 aromatic rings. The van der Waals surface area contributed by atoms with E-state index in [-0.39, 0.29) is 18.3 Å². The summed E-state index contributed by atoms with van der Waals surface area (Å²) < 4.78 is 5.31. The number of likely N-dealkylation sites (N-methyl/N-ethyl adjacent to an activating group) is 1. The van der Waals surface area contributed by atoms with Crippen molar-refractivity contribution in [3.05, 3.63) is 64.2 Å². The van der Waals surface area contributed by atoms with Crippen LogP contribution >= 0.6 is 24.0 Å². The average Bonchev–Trinajstić information content (AvgIpc) is 2.54. The molecule has 0 aliphatic heterocycles. The standard InChI is InChI=1S/C18H21ClN2O2.ClH/c1-12-4-6-13(7-5-12)17(20)18(22)21(2)11-14-10-15(19)8-9-16(14)23-3;/h4-10,17H,11,20H2,1-3H3;1H. The number of nitrogens with two attached hydrogens (primary N) is 1. The monoisotopic (exact) mass is 368 g/mol. The van der Waals surface area contributed by atoms with Gasteiger partial charge in [-0.3, -0.25) is 4.79 Å². The molecule has 0 bridgehead atoms. The smallest absolute Gasteiger partial charge is 0.244 e. The number of hydrogen-bond donors (Lipinski definition) is 1. The van der Waals surface area contributed by atoms with Crippen molar-refractivity contribution >= 4 is 29.9 Å². The molecule has 0 spiro atoms. The molecule has 2 N–H and O–H groups in total. The van der Waals surface area contributed by atoms with Crippen molar-refractivity contribution < 1.29 is 9.53 Å². The Morgan fingerprint density at radius 3 is 2.46 bits per heavy atom. The van der Waals surface area contributed by atoms with Gasteiger partial charge in [0.15, 0.2) is 0 Å². The predicted molar refractivity (Wildman–Crippen MR) is 99.8 cm³/mol. The molecular formula is C18H22Cl2N2O2. The molecular weight excluding hydrogens is 347 g/mol. The van der Waals surface area contributed by atoms with Gasteiger partial charge in [0, 0.05) is 24.2 Å². The number of benzene rings is 2. The summed E-state index contributed by atoms with van der Waals surface area (Å²) in [5.74, 6) is 0.536. The summed E-state index contributed by atoms with van der Waals surface area (Å²) >= 11 is 6.03. The minimum atomic E-state index is -0.689. The van der Waals surface area contributed by atoms with Crippen LogP contribution in [0.4, 0.5) is 0 Å². The van der Waals surface area contributed by atoms with Gasteiger partial charge in [-0.05, 0) is 30.7 Å². The molecule has 2 aromatic carbocycles. The Hall–Kier alpha value is -1.75. The molecule has 0 saturated carbocycles. The third kappa shape index (κ3) is 4.87. The van der Waals surface area contributed by atoms with Gasteiger partial charge in [-0.1, -0.05) is 41.4 Å². The lowest BCUT2D eigenvalue weighted by Gasteiger charge is -2.22. The quantitative estimate of drug-likeness (QED) is 0.874. The van der Waals surface area contributed by atoms with Crippen molar-refractivity contribution in [1.29, 1.82) is 0 Å². The van der Waals surface area contributed by atoms with E-state index in [1.54, 1.807) is 37.3 Å². The lowest BCUT2D eigenvalue weighted by Crippen LogP contribution is -2.35. The SMILES string of the molecule is COc1ccc(Cl)cc1CN(C)C(=O)C(N)c1ccc(C)cc1.Cl. The van der Waals surface area contributed by atoms with Crippen LogP contribution in [0.3, 0.4) is 0 Å². The number of aryl methyl sites for hydroxylation is 1. The van der Waals surface area contributed by atoms with E-state index in [0.29, 0.717) is 17.3 Å². The number of carbonyl (C=O) groups excluding carboxylic acids is 1. The van der Waals surface area contributed by atoms with Crippen molar-refractivity contribution in [2.45, 2.75) is 19.5 Å². The van der Waals surface area contributed by atoms with Crippen LogP contribution in [0.2, 0.25) is 5.02 Å². The summed E-state index contributed by atoms with van der Waals surface area (Å²) in [5.41, 5.74) is 8.86. The minimum Gasteiger partial charge on any atom is -0.496 e. The zero-order valence-electron chi connectivity index (χ0n) is 14.0. The van der Waals surface area contributed by atoms with Crippen LogP contribution in [0.5, 0.6) is 5.75 Å². The van der Waals surface area contributed by atoms with Crippen LogP contribution in [0.1, 0.15) is 22.7 Å². The predicted octanol–water partition coefficient (Wildman–Crippen LogP) is 3.74. The fourth-order valence-electron chi connectivity index (χ4n) is 2.36. The van der Waals surface area contributed by atoms with E-state index >= 15 is 0 Å². The number of amides is 1. The van der Waals surface area contributed by atoms with Crippen molar-refractivity contribution in [3.8, 4) is 5.75 Å². The highest BCUT2D eigenvalue weighted by Crippen LogP contribution is 2.24. The van der Waals surface area contributed by atoms with Crippen LogP contribution in [0.25, 0.3) is 0 Å². The molecule has 0 heterocycles. The fourth-order valence-corrected chi connectivity index (χ4v) is 2.55. The topological polar surface area (TPSA) is 55.6 Å². The molecule has 130 valence electrons. The van der Waals surface area contributed by atoms with Gasteiger partial charge >= 0.3 is 0 Å². The fraction of sp³-hybridized carbons (Fsp3) is 0.278.